The first-order chi connectivity index (χ1) is 9.72. The summed E-state index contributed by atoms with van der Waals surface area (Å²) in [6, 6.07) is 5.61. The van der Waals surface area contributed by atoms with Crippen LogP contribution in [0, 0.1) is 0 Å². The molecule has 0 bridgehead atoms. The van der Waals surface area contributed by atoms with Crippen molar-refractivity contribution >= 4 is 12.0 Å². The number of hydrogen-bond acceptors (Lipinski definition) is 4. The highest BCUT2D eigenvalue weighted by Crippen LogP contribution is 2.32. The lowest BCUT2D eigenvalue weighted by atomic mass is 10.2. The van der Waals surface area contributed by atoms with Gasteiger partial charge in [0.2, 0.25) is 0 Å². The van der Waals surface area contributed by atoms with Crippen molar-refractivity contribution in [3.05, 3.63) is 29.8 Å². The van der Waals surface area contributed by atoms with Crippen LogP contribution in [0.4, 0.5) is 0 Å². The third kappa shape index (κ3) is 3.76. The van der Waals surface area contributed by atoms with Crippen LogP contribution in [0.15, 0.2) is 24.3 Å². The van der Waals surface area contributed by atoms with Crippen LogP contribution < -0.4 is 9.47 Å². The number of rotatable bonds is 5. The van der Waals surface area contributed by atoms with E-state index in [4.69, 9.17) is 9.47 Å². The molecule has 0 saturated heterocycles. The number of methoxy groups -OCH3 is 2. The summed E-state index contributed by atoms with van der Waals surface area (Å²) in [4.78, 5) is 11.1. The summed E-state index contributed by atoms with van der Waals surface area (Å²) in [5.74, 6) is 1.07. The number of carbonyl (C=O) groups excluding carboxylic acids is 1. The largest absolute Gasteiger partial charge is 0.493 e. The maximum atomic E-state index is 11.1. The number of hydrogen-bond donors (Lipinski definition) is 0. The molecule has 0 radical (unpaired) electrons. The van der Waals surface area contributed by atoms with E-state index in [0.29, 0.717) is 5.75 Å². The van der Waals surface area contributed by atoms with Crippen molar-refractivity contribution in [2.45, 2.75) is 31.8 Å². The minimum absolute atomic E-state index is 0.267. The zero-order valence-corrected chi connectivity index (χ0v) is 11.9. The Balaban J connectivity index is 2.14. The highest BCUT2D eigenvalue weighted by molar-refractivity contribution is 5.87. The third-order valence-corrected chi connectivity index (χ3v) is 3.40. The summed E-state index contributed by atoms with van der Waals surface area (Å²) in [6.45, 7) is 0. The second kappa shape index (κ2) is 6.98. The first-order valence-electron chi connectivity index (χ1n) is 6.83. The Bertz CT molecular complexity index is 487. The fourth-order valence-electron chi connectivity index (χ4n) is 2.31. The quantitative estimate of drug-likeness (QED) is 0.612. The van der Waals surface area contributed by atoms with E-state index in [1.54, 1.807) is 13.2 Å². The molecule has 1 saturated carbocycles. The summed E-state index contributed by atoms with van der Waals surface area (Å²) in [6.07, 6.45) is 7.97. The maximum Gasteiger partial charge on any atom is 0.330 e. The Morgan fingerprint density at radius 3 is 2.60 bits per heavy atom. The van der Waals surface area contributed by atoms with Crippen LogP contribution >= 0.6 is 0 Å². The van der Waals surface area contributed by atoms with Gasteiger partial charge in [-0.2, -0.15) is 0 Å². The molecule has 0 N–H and O–H groups in total. The molecule has 20 heavy (non-hydrogen) atoms. The standard InChI is InChI=1S/C16H20O4/c1-18-14-9-7-12(8-10-16(17)19-2)11-15(14)20-13-5-3-4-6-13/h7-11,13H,3-6H2,1-2H3/b10-8+. The van der Waals surface area contributed by atoms with Gasteiger partial charge in [0.15, 0.2) is 11.5 Å². The molecule has 0 spiro atoms. The van der Waals surface area contributed by atoms with Crippen molar-refractivity contribution in [2.75, 3.05) is 14.2 Å². The van der Waals surface area contributed by atoms with Gasteiger partial charge in [-0.05, 0) is 49.5 Å². The van der Waals surface area contributed by atoms with Gasteiger partial charge in [0.05, 0.1) is 20.3 Å². The van der Waals surface area contributed by atoms with Gasteiger partial charge in [-0.25, -0.2) is 4.79 Å². The number of ether oxygens (including phenoxy) is 3. The van der Waals surface area contributed by atoms with E-state index in [1.165, 1.54) is 26.0 Å². The third-order valence-electron chi connectivity index (χ3n) is 3.40. The van der Waals surface area contributed by atoms with Gasteiger partial charge in [0.25, 0.3) is 0 Å². The maximum absolute atomic E-state index is 11.1. The van der Waals surface area contributed by atoms with Crippen molar-refractivity contribution in [1.29, 1.82) is 0 Å². The van der Waals surface area contributed by atoms with Gasteiger partial charge in [-0.1, -0.05) is 6.07 Å². The molecule has 0 unspecified atom stereocenters. The first-order valence-corrected chi connectivity index (χ1v) is 6.83. The second-order valence-electron chi connectivity index (χ2n) is 4.79. The zero-order chi connectivity index (χ0) is 14.4. The second-order valence-corrected chi connectivity index (χ2v) is 4.79. The van der Waals surface area contributed by atoms with Crippen molar-refractivity contribution in [3.63, 3.8) is 0 Å². The van der Waals surface area contributed by atoms with E-state index in [-0.39, 0.29) is 12.1 Å². The van der Waals surface area contributed by atoms with E-state index in [1.807, 2.05) is 18.2 Å². The fourth-order valence-corrected chi connectivity index (χ4v) is 2.31. The fraction of sp³-hybridized carbons (Fsp3) is 0.438. The molecule has 1 aromatic carbocycles. The summed E-state index contributed by atoms with van der Waals surface area (Å²) in [7, 11) is 2.98. The molecule has 108 valence electrons. The van der Waals surface area contributed by atoms with Crippen LogP contribution in [-0.2, 0) is 9.53 Å². The molecule has 1 aromatic rings. The number of carbonyl (C=O) groups is 1. The normalized spacial score (nSPS) is 15.5. The van der Waals surface area contributed by atoms with E-state index < -0.39 is 0 Å². The Morgan fingerprint density at radius 2 is 1.95 bits per heavy atom. The van der Waals surface area contributed by atoms with Crippen molar-refractivity contribution in [1.82, 2.24) is 0 Å². The molecule has 0 amide bonds. The lowest BCUT2D eigenvalue weighted by Crippen LogP contribution is -2.11. The Hall–Kier alpha value is -1.97. The lowest BCUT2D eigenvalue weighted by Gasteiger charge is -2.16. The molecular weight excluding hydrogens is 256 g/mol. The van der Waals surface area contributed by atoms with Crippen molar-refractivity contribution in [3.8, 4) is 11.5 Å². The molecular formula is C16H20O4. The lowest BCUT2D eigenvalue weighted by molar-refractivity contribution is -0.134. The van der Waals surface area contributed by atoms with E-state index in [9.17, 15) is 4.79 Å². The number of esters is 1. The molecule has 1 fully saturated rings. The van der Waals surface area contributed by atoms with Gasteiger partial charge < -0.3 is 14.2 Å². The molecule has 1 aliphatic rings. The Morgan fingerprint density at radius 1 is 1.20 bits per heavy atom. The predicted octanol–water partition coefficient (Wildman–Crippen LogP) is 3.20. The average Bonchev–Trinajstić information content (AvgIpc) is 2.98. The van der Waals surface area contributed by atoms with Crippen molar-refractivity contribution < 1.29 is 19.0 Å². The van der Waals surface area contributed by atoms with Gasteiger partial charge in [-0.3, -0.25) is 0 Å². The van der Waals surface area contributed by atoms with E-state index >= 15 is 0 Å². The molecule has 0 aromatic heterocycles. The molecule has 4 nitrogen and oxygen atoms in total. The van der Waals surface area contributed by atoms with Gasteiger partial charge in [-0.15, -0.1) is 0 Å². The SMILES string of the molecule is COC(=O)/C=C/c1ccc(OC)c(OC2CCCC2)c1. The molecule has 2 rings (SSSR count). The summed E-state index contributed by atoms with van der Waals surface area (Å²) in [5, 5.41) is 0. The predicted molar refractivity (Wildman–Crippen MR) is 76.9 cm³/mol. The molecule has 1 aliphatic carbocycles. The Labute approximate surface area is 119 Å². The van der Waals surface area contributed by atoms with Crippen molar-refractivity contribution in [2.24, 2.45) is 0 Å². The van der Waals surface area contributed by atoms with Crippen LogP contribution in [0.2, 0.25) is 0 Å². The monoisotopic (exact) mass is 276 g/mol. The van der Waals surface area contributed by atoms with E-state index in [2.05, 4.69) is 4.74 Å². The smallest absolute Gasteiger partial charge is 0.330 e. The zero-order valence-electron chi connectivity index (χ0n) is 11.9. The highest BCUT2D eigenvalue weighted by atomic mass is 16.5. The summed E-state index contributed by atoms with van der Waals surface area (Å²) >= 11 is 0. The van der Waals surface area contributed by atoms with Gasteiger partial charge in [0.1, 0.15) is 0 Å². The minimum Gasteiger partial charge on any atom is -0.493 e. The topological polar surface area (TPSA) is 44.8 Å². The van der Waals surface area contributed by atoms with Crippen LogP contribution in [0.3, 0.4) is 0 Å². The van der Waals surface area contributed by atoms with Gasteiger partial charge in [0, 0.05) is 6.08 Å². The molecule has 4 heteroatoms. The average molecular weight is 276 g/mol. The van der Waals surface area contributed by atoms with Crippen LogP contribution in [0.25, 0.3) is 6.08 Å². The van der Waals surface area contributed by atoms with E-state index in [0.717, 1.165) is 24.2 Å². The van der Waals surface area contributed by atoms with Crippen LogP contribution in [0.1, 0.15) is 31.2 Å². The molecule has 0 heterocycles. The summed E-state index contributed by atoms with van der Waals surface area (Å²) < 4.78 is 15.9. The highest BCUT2D eigenvalue weighted by Gasteiger charge is 2.18. The molecule has 0 atom stereocenters. The molecule has 0 aliphatic heterocycles. The number of benzene rings is 1. The summed E-state index contributed by atoms with van der Waals surface area (Å²) in [5.41, 5.74) is 0.879. The first kappa shape index (κ1) is 14.4. The minimum atomic E-state index is -0.376. The van der Waals surface area contributed by atoms with Crippen LogP contribution in [0.5, 0.6) is 11.5 Å². The van der Waals surface area contributed by atoms with Gasteiger partial charge >= 0.3 is 5.97 Å². The van der Waals surface area contributed by atoms with Crippen LogP contribution in [-0.4, -0.2) is 26.3 Å². The Kier molecular flexibility index (Phi) is 5.04.